The summed E-state index contributed by atoms with van der Waals surface area (Å²) in [7, 11) is 0. The van der Waals surface area contributed by atoms with Crippen molar-refractivity contribution in [2.75, 3.05) is 26.4 Å². The van der Waals surface area contributed by atoms with Crippen molar-refractivity contribution < 1.29 is 18.9 Å². The van der Waals surface area contributed by atoms with Gasteiger partial charge >= 0.3 is 0 Å². The molecule has 0 saturated carbocycles. The van der Waals surface area contributed by atoms with Gasteiger partial charge in [0.25, 0.3) is 0 Å². The topological polar surface area (TPSA) is 36.9 Å². The highest BCUT2D eigenvalue weighted by molar-refractivity contribution is 9.10. The van der Waals surface area contributed by atoms with Crippen molar-refractivity contribution >= 4 is 56.2 Å². The lowest BCUT2D eigenvalue weighted by molar-refractivity contribution is 0.304. The molecule has 0 aromatic heterocycles. The van der Waals surface area contributed by atoms with E-state index in [1.807, 2.05) is 0 Å². The van der Waals surface area contributed by atoms with Gasteiger partial charge in [-0.3, -0.25) is 0 Å². The highest BCUT2D eigenvalue weighted by atomic mass is 79.9. The first-order valence-corrected chi connectivity index (χ1v) is 23.9. The smallest absolute Gasteiger partial charge is 0.126 e. The molecule has 6 aromatic rings. The molecule has 320 valence electrons. The minimum absolute atomic E-state index is 0.624. The maximum atomic E-state index is 6.81. The average Bonchev–Trinajstić information content (AvgIpc) is 3.26. The van der Waals surface area contributed by atoms with E-state index in [2.05, 4.69) is 193 Å². The molecule has 0 radical (unpaired) electrons. The summed E-state index contributed by atoms with van der Waals surface area (Å²) in [5.74, 6) is 3.77. The van der Waals surface area contributed by atoms with Gasteiger partial charge in [-0.2, -0.15) is 0 Å². The third-order valence-corrected chi connectivity index (χ3v) is 11.8. The van der Waals surface area contributed by atoms with Crippen LogP contribution in [0.15, 0.2) is 118 Å². The summed E-state index contributed by atoms with van der Waals surface area (Å²) in [6.45, 7) is 11.2. The second-order valence-electron chi connectivity index (χ2n) is 16.0. The van der Waals surface area contributed by atoms with E-state index in [-0.39, 0.29) is 0 Å². The second kappa shape index (κ2) is 22.4. The minimum Gasteiger partial charge on any atom is -0.493 e. The summed E-state index contributed by atoms with van der Waals surface area (Å²) in [5, 5.41) is 0. The number of rotatable bonds is 16. The van der Waals surface area contributed by atoms with E-state index in [0.717, 1.165) is 124 Å². The molecular weight excluding hydrogens is 896 g/mol. The van der Waals surface area contributed by atoms with Crippen LogP contribution in [-0.4, -0.2) is 26.4 Å². The third-order valence-electron chi connectivity index (χ3n) is 10.8. The number of ether oxygens (including phenoxy) is 4. The first kappa shape index (κ1) is 45.0. The summed E-state index contributed by atoms with van der Waals surface area (Å²) in [5.41, 5.74) is 13.6. The molecule has 6 heteroatoms. The van der Waals surface area contributed by atoms with E-state index >= 15 is 0 Å². The summed E-state index contributed by atoms with van der Waals surface area (Å²) in [4.78, 5) is 0. The van der Waals surface area contributed by atoms with Gasteiger partial charge in [-0.15, -0.1) is 0 Å². The standard InChI is InChI=1S/C56H58Br2O4/c1-5-25-59-53-43-15-11-16-44(53)36-48-30-42(24-22-40-14-10-20-52(58)34-40)32-50(56(48)62-28-8-4)38-46-18-12-17-45(54(46)60-26-6-2)37-49-31-41(23-21-39-13-9-19-51(57)33-39)29-47(35-43)55(49)61-27-7-3/h9-24,29-34H,5-8,25-28,35-38H2,1-4H3/b23-21+,24-22+. The van der Waals surface area contributed by atoms with Crippen LogP contribution in [0.2, 0.25) is 0 Å². The van der Waals surface area contributed by atoms with Crippen molar-refractivity contribution in [2.45, 2.75) is 79.1 Å². The van der Waals surface area contributed by atoms with Gasteiger partial charge in [0.2, 0.25) is 0 Å². The van der Waals surface area contributed by atoms with E-state index < -0.39 is 0 Å². The second-order valence-corrected chi connectivity index (χ2v) is 17.9. The molecule has 0 fully saturated rings. The molecule has 4 nitrogen and oxygen atoms in total. The van der Waals surface area contributed by atoms with E-state index in [1.54, 1.807) is 0 Å². The minimum atomic E-state index is 0.624. The number of hydrogen-bond acceptors (Lipinski definition) is 4. The van der Waals surface area contributed by atoms with Gasteiger partial charge in [-0.25, -0.2) is 0 Å². The summed E-state index contributed by atoms with van der Waals surface area (Å²) in [6, 6.07) is 39.3. The Hall–Kier alpha value is -5.04. The van der Waals surface area contributed by atoms with Crippen LogP contribution < -0.4 is 18.9 Å². The van der Waals surface area contributed by atoms with Crippen LogP contribution in [0.3, 0.4) is 0 Å². The van der Waals surface area contributed by atoms with Crippen LogP contribution in [0.5, 0.6) is 23.0 Å². The van der Waals surface area contributed by atoms with Crippen molar-refractivity contribution in [2.24, 2.45) is 0 Å². The molecule has 6 aromatic carbocycles. The SMILES string of the molecule is CCCOc1c2cccc1Cc1cc(/C=C/c3cccc(Br)c3)cc(c1OCCC)Cc1cccc(c1OCCC)Cc1cc(/C=C/c3cccc(Br)c3)cc(c1OCCC)C2. The highest BCUT2D eigenvalue weighted by Crippen LogP contribution is 2.40. The third kappa shape index (κ3) is 11.7. The van der Waals surface area contributed by atoms with Gasteiger partial charge in [0.1, 0.15) is 23.0 Å². The number of hydrogen-bond donors (Lipinski definition) is 0. The van der Waals surface area contributed by atoms with Gasteiger partial charge in [0.05, 0.1) is 26.4 Å². The lowest BCUT2D eigenvalue weighted by Gasteiger charge is -2.23. The largest absolute Gasteiger partial charge is 0.493 e. The molecule has 7 rings (SSSR count). The van der Waals surface area contributed by atoms with E-state index in [0.29, 0.717) is 52.1 Å². The molecule has 0 aliphatic heterocycles. The van der Waals surface area contributed by atoms with E-state index in [9.17, 15) is 0 Å². The Morgan fingerprint density at radius 2 is 0.629 bits per heavy atom. The van der Waals surface area contributed by atoms with Crippen LogP contribution >= 0.6 is 31.9 Å². The molecule has 0 amide bonds. The fourth-order valence-corrected chi connectivity index (χ4v) is 8.93. The maximum absolute atomic E-state index is 6.81. The van der Waals surface area contributed by atoms with Crippen LogP contribution in [0.1, 0.15) is 120 Å². The summed E-state index contributed by atoms with van der Waals surface area (Å²) >= 11 is 7.31. The highest BCUT2D eigenvalue weighted by Gasteiger charge is 2.23. The quantitative estimate of drug-likeness (QED) is 0.0905. The lowest BCUT2D eigenvalue weighted by atomic mass is 9.89. The van der Waals surface area contributed by atoms with Gasteiger partial charge in [-0.05, 0) is 141 Å². The van der Waals surface area contributed by atoms with Gasteiger partial charge in [0.15, 0.2) is 0 Å². The van der Waals surface area contributed by atoms with Crippen LogP contribution in [0, 0.1) is 0 Å². The zero-order chi connectivity index (χ0) is 43.3. The molecule has 8 bridgehead atoms. The fraction of sp³-hybridized carbons (Fsp3) is 0.286. The number of para-hydroxylation sites is 2. The fourth-order valence-electron chi connectivity index (χ4n) is 8.10. The Morgan fingerprint density at radius 3 is 0.919 bits per heavy atom. The monoisotopic (exact) mass is 952 g/mol. The molecule has 1 aliphatic carbocycles. The molecule has 0 unspecified atom stereocenters. The Morgan fingerprint density at radius 1 is 0.355 bits per heavy atom. The zero-order valence-corrected chi connectivity index (χ0v) is 39.7. The Labute approximate surface area is 386 Å². The Bertz CT molecular complexity index is 2250. The first-order valence-electron chi connectivity index (χ1n) is 22.3. The van der Waals surface area contributed by atoms with Gasteiger partial charge in [-0.1, -0.05) is 145 Å². The molecule has 1 aliphatic rings. The number of fused-ring (bicyclic) bond motifs is 8. The van der Waals surface area contributed by atoms with Gasteiger partial charge < -0.3 is 18.9 Å². The molecule has 0 saturated heterocycles. The Kier molecular flexibility index (Phi) is 16.2. The average molecular weight is 955 g/mol. The van der Waals surface area contributed by atoms with Crippen molar-refractivity contribution in [3.63, 3.8) is 0 Å². The normalized spacial score (nSPS) is 12.5. The molecular formula is C56H58Br2O4. The molecule has 0 atom stereocenters. The van der Waals surface area contributed by atoms with Crippen LogP contribution in [-0.2, 0) is 25.7 Å². The summed E-state index contributed by atoms with van der Waals surface area (Å²) < 4.78 is 29.3. The molecule has 0 spiro atoms. The van der Waals surface area contributed by atoms with Crippen molar-refractivity contribution in [1.29, 1.82) is 0 Å². The van der Waals surface area contributed by atoms with Crippen LogP contribution in [0.25, 0.3) is 24.3 Å². The maximum Gasteiger partial charge on any atom is 0.126 e. The molecule has 0 N–H and O–H groups in total. The summed E-state index contributed by atoms with van der Waals surface area (Å²) in [6.07, 6.45) is 15.0. The Balaban J connectivity index is 1.47. The lowest BCUT2D eigenvalue weighted by Crippen LogP contribution is -2.10. The predicted molar refractivity (Wildman–Crippen MR) is 266 cm³/mol. The zero-order valence-electron chi connectivity index (χ0n) is 36.6. The van der Waals surface area contributed by atoms with E-state index in [4.69, 9.17) is 18.9 Å². The van der Waals surface area contributed by atoms with Gasteiger partial charge in [0, 0.05) is 34.6 Å². The first-order chi connectivity index (χ1) is 30.3. The van der Waals surface area contributed by atoms with Crippen molar-refractivity contribution in [3.8, 4) is 23.0 Å². The molecule has 62 heavy (non-hydrogen) atoms. The number of halogens is 2. The molecule has 0 heterocycles. The van der Waals surface area contributed by atoms with E-state index in [1.165, 1.54) is 0 Å². The predicted octanol–water partition coefficient (Wildman–Crippen LogP) is 15.4. The van der Waals surface area contributed by atoms with Crippen molar-refractivity contribution in [3.05, 3.63) is 185 Å². The van der Waals surface area contributed by atoms with Crippen LogP contribution in [0.4, 0.5) is 0 Å². The number of benzene rings is 6. The van der Waals surface area contributed by atoms with Crippen molar-refractivity contribution in [1.82, 2.24) is 0 Å².